The van der Waals surface area contributed by atoms with Crippen LogP contribution in [0.1, 0.15) is 28.3 Å². The lowest BCUT2D eigenvalue weighted by atomic mass is 10.2. The summed E-state index contributed by atoms with van der Waals surface area (Å²) in [5.74, 6) is 1.87. The Morgan fingerprint density at radius 3 is 2.68 bits per heavy atom. The average molecular weight is 377 g/mol. The lowest BCUT2D eigenvalue weighted by Gasteiger charge is -2.03. The van der Waals surface area contributed by atoms with Gasteiger partial charge >= 0.3 is 5.97 Å². The van der Waals surface area contributed by atoms with E-state index < -0.39 is 5.97 Å². The highest BCUT2D eigenvalue weighted by molar-refractivity contribution is 6.13. The van der Waals surface area contributed by atoms with Crippen molar-refractivity contribution in [2.24, 2.45) is 4.99 Å². The van der Waals surface area contributed by atoms with Crippen molar-refractivity contribution in [2.75, 3.05) is 7.11 Å². The average Bonchev–Trinajstić information content (AvgIpc) is 3.34. The van der Waals surface area contributed by atoms with E-state index in [1.165, 1.54) is 0 Å². The van der Waals surface area contributed by atoms with Gasteiger partial charge in [-0.1, -0.05) is 11.2 Å². The summed E-state index contributed by atoms with van der Waals surface area (Å²) in [5.41, 5.74) is 3.69. The predicted octanol–water partition coefficient (Wildman–Crippen LogP) is 3.74. The Labute approximate surface area is 161 Å². The van der Waals surface area contributed by atoms with Crippen LogP contribution >= 0.6 is 0 Å². The molecule has 0 atom stereocenters. The van der Waals surface area contributed by atoms with Crippen molar-refractivity contribution in [3.63, 3.8) is 0 Å². The van der Waals surface area contributed by atoms with Crippen LogP contribution in [-0.2, 0) is 9.53 Å². The maximum Gasteiger partial charge on any atom is 0.363 e. The van der Waals surface area contributed by atoms with Crippen LogP contribution in [0, 0.1) is 20.8 Å². The smallest absolute Gasteiger partial charge is 0.363 e. The zero-order valence-electron chi connectivity index (χ0n) is 16.0. The number of aliphatic imine (C=N–C) groups is 1. The van der Waals surface area contributed by atoms with Crippen LogP contribution in [0.3, 0.4) is 0 Å². The van der Waals surface area contributed by atoms with Gasteiger partial charge in [-0.05, 0) is 56.7 Å². The number of ether oxygens (including phenoxy) is 2. The lowest BCUT2D eigenvalue weighted by Crippen LogP contribution is -2.05. The normalized spacial score (nSPS) is 15.1. The van der Waals surface area contributed by atoms with Crippen molar-refractivity contribution in [3.8, 4) is 11.6 Å². The number of aromatic nitrogens is 2. The van der Waals surface area contributed by atoms with E-state index in [2.05, 4.69) is 10.1 Å². The van der Waals surface area contributed by atoms with Crippen LogP contribution in [0.5, 0.6) is 5.75 Å². The molecule has 0 spiro atoms. The molecule has 3 heterocycles. The van der Waals surface area contributed by atoms with Gasteiger partial charge in [0.1, 0.15) is 11.5 Å². The highest BCUT2D eigenvalue weighted by atomic mass is 16.6. The standard InChI is InChI=1S/C21H19N3O4/c1-12-8-16(14(3)24(12)19-9-13(2)28-23-19)11-18-21(25)27-20(22-18)15-6-5-7-17(10-15)26-4/h5-11H,1-4H3/b18-11+. The number of rotatable bonds is 4. The summed E-state index contributed by atoms with van der Waals surface area (Å²) in [6.07, 6.45) is 1.72. The number of hydrogen-bond donors (Lipinski definition) is 0. The van der Waals surface area contributed by atoms with Crippen molar-refractivity contribution in [1.82, 2.24) is 9.72 Å². The summed E-state index contributed by atoms with van der Waals surface area (Å²) in [6.45, 7) is 5.77. The molecule has 0 aliphatic carbocycles. The highest BCUT2D eigenvalue weighted by Gasteiger charge is 2.25. The van der Waals surface area contributed by atoms with E-state index >= 15 is 0 Å². The first kappa shape index (κ1) is 17.8. The van der Waals surface area contributed by atoms with Crippen LogP contribution in [0.4, 0.5) is 0 Å². The number of benzene rings is 1. The molecule has 1 aromatic carbocycles. The molecule has 28 heavy (non-hydrogen) atoms. The fourth-order valence-corrected chi connectivity index (χ4v) is 3.18. The van der Waals surface area contributed by atoms with Crippen LogP contribution < -0.4 is 4.74 Å². The number of hydrogen-bond acceptors (Lipinski definition) is 6. The molecule has 1 aliphatic rings. The predicted molar refractivity (Wildman–Crippen MR) is 104 cm³/mol. The SMILES string of the molecule is COc1cccc(C2=N/C(=C/c3cc(C)n(-c4cc(C)on4)c3C)C(=O)O2)c1. The molecular weight excluding hydrogens is 358 g/mol. The molecule has 1 aliphatic heterocycles. The summed E-state index contributed by atoms with van der Waals surface area (Å²) >= 11 is 0. The first-order valence-electron chi connectivity index (χ1n) is 8.76. The van der Waals surface area contributed by atoms with Gasteiger partial charge in [-0.25, -0.2) is 9.79 Å². The third kappa shape index (κ3) is 3.11. The van der Waals surface area contributed by atoms with Gasteiger partial charge in [0.2, 0.25) is 5.90 Å². The second kappa shape index (κ2) is 6.84. The molecule has 0 saturated carbocycles. The van der Waals surface area contributed by atoms with Gasteiger partial charge in [0, 0.05) is 23.0 Å². The number of cyclic esters (lactones) is 1. The topological polar surface area (TPSA) is 78.9 Å². The van der Waals surface area contributed by atoms with E-state index in [4.69, 9.17) is 14.0 Å². The summed E-state index contributed by atoms with van der Waals surface area (Å²) in [5, 5.41) is 4.07. The minimum Gasteiger partial charge on any atom is -0.497 e. The van der Waals surface area contributed by atoms with Crippen molar-refractivity contribution in [2.45, 2.75) is 20.8 Å². The van der Waals surface area contributed by atoms with Gasteiger partial charge in [0.25, 0.3) is 0 Å². The third-order valence-electron chi connectivity index (χ3n) is 4.54. The molecule has 0 radical (unpaired) electrons. The maximum absolute atomic E-state index is 12.3. The van der Waals surface area contributed by atoms with Crippen molar-refractivity contribution < 1.29 is 18.8 Å². The van der Waals surface area contributed by atoms with Crippen LogP contribution in [0.2, 0.25) is 0 Å². The van der Waals surface area contributed by atoms with E-state index in [0.29, 0.717) is 17.1 Å². The fourth-order valence-electron chi connectivity index (χ4n) is 3.18. The van der Waals surface area contributed by atoms with Crippen LogP contribution in [0.15, 0.2) is 51.6 Å². The number of carbonyl (C=O) groups excluding carboxylic acids is 1. The Kier molecular flexibility index (Phi) is 4.35. The molecule has 7 heteroatoms. The largest absolute Gasteiger partial charge is 0.497 e. The third-order valence-corrected chi connectivity index (χ3v) is 4.54. The Morgan fingerprint density at radius 2 is 1.96 bits per heavy atom. The summed E-state index contributed by atoms with van der Waals surface area (Å²) in [7, 11) is 1.58. The Morgan fingerprint density at radius 1 is 1.14 bits per heavy atom. The van der Waals surface area contributed by atoms with Gasteiger partial charge in [-0.15, -0.1) is 0 Å². The summed E-state index contributed by atoms with van der Waals surface area (Å²) in [6, 6.07) is 11.1. The minimum absolute atomic E-state index is 0.245. The van der Waals surface area contributed by atoms with Gasteiger partial charge in [-0.2, -0.15) is 0 Å². The second-order valence-corrected chi connectivity index (χ2v) is 6.53. The molecule has 0 saturated heterocycles. The molecule has 0 bridgehead atoms. The quantitative estimate of drug-likeness (QED) is 0.511. The molecule has 4 rings (SSSR count). The molecule has 7 nitrogen and oxygen atoms in total. The van der Waals surface area contributed by atoms with Crippen LogP contribution in [-0.4, -0.2) is 28.7 Å². The maximum atomic E-state index is 12.3. The van der Waals surface area contributed by atoms with Gasteiger partial charge in [0.05, 0.1) is 7.11 Å². The second-order valence-electron chi connectivity index (χ2n) is 6.53. The summed E-state index contributed by atoms with van der Waals surface area (Å²) in [4.78, 5) is 16.7. The number of aryl methyl sites for hydroxylation is 2. The molecule has 3 aromatic rings. The lowest BCUT2D eigenvalue weighted by molar-refractivity contribution is -0.129. The van der Waals surface area contributed by atoms with E-state index in [0.717, 1.165) is 22.7 Å². The molecular formula is C21H19N3O4. The molecule has 2 aromatic heterocycles. The zero-order chi connectivity index (χ0) is 19.8. The zero-order valence-corrected chi connectivity index (χ0v) is 16.0. The van der Waals surface area contributed by atoms with E-state index in [1.54, 1.807) is 19.3 Å². The Balaban J connectivity index is 1.71. The highest BCUT2D eigenvalue weighted by Crippen LogP contribution is 2.26. The summed E-state index contributed by atoms with van der Waals surface area (Å²) < 4.78 is 17.7. The number of nitrogens with zero attached hydrogens (tertiary/aromatic N) is 3. The number of carbonyl (C=O) groups is 1. The monoisotopic (exact) mass is 377 g/mol. The van der Waals surface area contributed by atoms with Gasteiger partial charge in [-0.3, -0.25) is 4.57 Å². The molecule has 0 fully saturated rings. The van der Waals surface area contributed by atoms with Crippen LogP contribution in [0.25, 0.3) is 11.9 Å². The van der Waals surface area contributed by atoms with Gasteiger partial charge < -0.3 is 14.0 Å². The Hall–Kier alpha value is -3.61. The molecule has 0 N–H and O–H groups in total. The van der Waals surface area contributed by atoms with E-state index in [-0.39, 0.29) is 11.6 Å². The minimum atomic E-state index is -0.486. The first-order valence-corrected chi connectivity index (χ1v) is 8.76. The fraction of sp³-hybridized carbons (Fsp3) is 0.190. The first-order chi connectivity index (χ1) is 13.5. The molecule has 0 unspecified atom stereocenters. The van der Waals surface area contributed by atoms with Gasteiger partial charge in [0.15, 0.2) is 11.5 Å². The van der Waals surface area contributed by atoms with Crippen molar-refractivity contribution in [1.29, 1.82) is 0 Å². The Bertz CT molecular complexity index is 1130. The van der Waals surface area contributed by atoms with E-state index in [1.807, 2.05) is 55.7 Å². The van der Waals surface area contributed by atoms with E-state index in [9.17, 15) is 4.79 Å². The molecule has 0 amide bonds. The number of esters is 1. The molecule has 142 valence electrons. The number of methoxy groups -OCH3 is 1. The van der Waals surface area contributed by atoms with Crippen molar-refractivity contribution in [3.05, 3.63) is 70.4 Å². The van der Waals surface area contributed by atoms with Crippen molar-refractivity contribution >= 4 is 17.9 Å².